The first-order valence-electron chi connectivity index (χ1n) is 6.36. The zero-order chi connectivity index (χ0) is 12.1. The Morgan fingerprint density at radius 1 is 1.35 bits per heavy atom. The minimum absolute atomic E-state index is 0.332. The molecule has 1 aromatic heterocycles. The molecule has 17 heavy (non-hydrogen) atoms. The van der Waals surface area contributed by atoms with E-state index in [0.717, 1.165) is 6.54 Å². The molecule has 94 valence electrons. The van der Waals surface area contributed by atoms with Gasteiger partial charge in [0, 0.05) is 22.8 Å². The SMILES string of the molecule is NC(=O)c1csc(CNC2CCCCCC2)c1. The topological polar surface area (TPSA) is 55.1 Å². The van der Waals surface area contributed by atoms with Crippen LogP contribution < -0.4 is 11.1 Å². The van der Waals surface area contributed by atoms with Gasteiger partial charge in [-0.2, -0.15) is 0 Å². The van der Waals surface area contributed by atoms with Crippen LogP contribution in [0.25, 0.3) is 0 Å². The summed E-state index contributed by atoms with van der Waals surface area (Å²) in [5, 5.41) is 5.43. The van der Waals surface area contributed by atoms with Crippen LogP contribution in [0.15, 0.2) is 11.4 Å². The summed E-state index contributed by atoms with van der Waals surface area (Å²) in [4.78, 5) is 12.2. The maximum Gasteiger partial charge on any atom is 0.249 e. The first kappa shape index (κ1) is 12.6. The van der Waals surface area contributed by atoms with Crippen LogP contribution in [-0.2, 0) is 6.54 Å². The van der Waals surface area contributed by atoms with Crippen LogP contribution in [0.3, 0.4) is 0 Å². The Morgan fingerprint density at radius 3 is 2.65 bits per heavy atom. The highest BCUT2D eigenvalue weighted by Crippen LogP contribution is 2.19. The zero-order valence-corrected chi connectivity index (χ0v) is 10.9. The van der Waals surface area contributed by atoms with Crippen LogP contribution in [-0.4, -0.2) is 11.9 Å². The number of carbonyl (C=O) groups excluding carboxylic acids is 1. The molecular weight excluding hydrogens is 232 g/mol. The van der Waals surface area contributed by atoms with E-state index in [1.54, 1.807) is 11.3 Å². The van der Waals surface area contributed by atoms with E-state index in [2.05, 4.69) is 5.32 Å². The van der Waals surface area contributed by atoms with Crippen LogP contribution in [0, 0.1) is 0 Å². The van der Waals surface area contributed by atoms with E-state index in [-0.39, 0.29) is 5.91 Å². The second kappa shape index (κ2) is 6.17. The Bertz CT molecular complexity index is 367. The lowest BCUT2D eigenvalue weighted by Crippen LogP contribution is -2.27. The molecule has 1 aromatic rings. The lowest BCUT2D eigenvalue weighted by molar-refractivity contribution is 0.100. The molecule has 1 heterocycles. The summed E-state index contributed by atoms with van der Waals surface area (Å²) in [6, 6.07) is 2.55. The van der Waals surface area contributed by atoms with E-state index in [0.29, 0.717) is 11.6 Å². The summed E-state index contributed by atoms with van der Waals surface area (Å²) in [7, 11) is 0. The Labute approximate surface area is 106 Å². The number of thiophene rings is 1. The Morgan fingerprint density at radius 2 is 2.06 bits per heavy atom. The third-order valence-corrected chi connectivity index (χ3v) is 4.30. The van der Waals surface area contributed by atoms with Gasteiger partial charge in [-0.1, -0.05) is 25.7 Å². The third-order valence-electron chi connectivity index (χ3n) is 3.36. The first-order chi connectivity index (χ1) is 8.25. The predicted octanol–water partition coefficient (Wildman–Crippen LogP) is 2.66. The maximum atomic E-state index is 11.0. The molecule has 1 amide bonds. The largest absolute Gasteiger partial charge is 0.366 e. The van der Waals surface area contributed by atoms with Crippen LogP contribution in [0.2, 0.25) is 0 Å². The molecule has 0 bridgehead atoms. The Balaban J connectivity index is 1.81. The molecular formula is C13H20N2OS. The van der Waals surface area contributed by atoms with Crippen molar-refractivity contribution in [2.75, 3.05) is 0 Å². The van der Waals surface area contributed by atoms with Crippen LogP contribution in [0.5, 0.6) is 0 Å². The fourth-order valence-corrected chi connectivity index (χ4v) is 3.16. The molecule has 1 saturated carbocycles. The van der Waals surface area contributed by atoms with E-state index in [4.69, 9.17) is 5.73 Å². The maximum absolute atomic E-state index is 11.0. The summed E-state index contributed by atoms with van der Waals surface area (Å²) < 4.78 is 0. The van der Waals surface area contributed by atoms with Gasteiger partial charge < -0.3 is 11.1 Å². The summed E-state index contributed by atoms with van der Waals surface area (Å²) in [6.07, 6.45) is 8.01. The molecule has 4 heteroatoms. The number of rotatable bonds is 4. The van der Waals surface area contributed by atoms with Crippen LogP contribution in [0.1, 0.15) is 53.8 Å². The number of carbonyl (C=O) groups is 1. The molecule has 0 spiro atoms. The molecule has 1 aliphatic carbocycles. The van der Waals surface area contributed by atoms with Crippen molar-refractivity contribution in [3.63, 3.8) is 0 Å². The van der Waals surface area contributed by atoms with Crippen molar-refractivity contribution in [3.8, 4) is 0 Å². The first-order valence-corrected chi connectivity index (χ1v) is 7.24. The fourth-order valence-electron chi connectivity index (χ4n) is 2.33. The third kappa shape index (κ3) is 3.82. The lowest BCUT2D eigenvalue weighted by Gasteiger charge is -2.15. The number of amides is 1. The number of primary amides is 1. The lowest BCUT2D eigenvalue weighted by atomic mass is 10.1. The Hall–Kier alpha value is -0.870. The molecule has 0 saturated heterocycles. The monoisotopic (exact) mass is 252 g/mol. The highest BCUT2D eigenvalue weighted by atomic mass is 32.1. The van der Waals surface area contributed by atoms with Gasteiger partial charge in [-0.15, -0.1) is 11.3 Å². The molecule has 0 aliphatic heterocycles. The second-order valence-electron chi connectivity index (χ2n) is 4.74. The molecule has 1 fully saturated rings. The highest BCUT2D eigenvalue weighted by molar-refractivity contribution is 7.10. The number of nitrogens with one attached hydrogen (secondary N) is 1. The van der Waals surface area contributed by atoms with E-state index in [9.17, 15) is 4.79 Å². The molecule has 0 unspecified atom stereocenters. The van der Waals surface area contributed by atoms with Gasteiger partial charge in [-0.05, 0) is 18.9 Å². The van der Waals surface area contributed by atoms with Gasteiger partial charge in [0.25, 0.3) is 0 Å². The highest BCUT2D eigenvalue weighted by Gasteiger charge is 2.12. The van der Waals surface area contributed by atoms with Crippen molar-refractivity contribution < 1.29 is 4.79 Å². The van der Waals surface area contributed by atoms with Crippen molar-refractivity contribution in [2.45, 2.75) is 51.1 Å². The van der Waals surface area contributed by atoms with Crippen LogP contribution >= 0.6 is 11.3 Å². The molecule has 1 aliphatic rings. The minimum atomic E-state index is -0.332. The molecule has 3 N–H and O–H groups in total. The van der Waals surface area contributed by atoms with Crippen molar-refractivity contribution >= 4 is 17.2 Å². The van der Waals surface area contributed by atoms with E-state index in [1.807, 2.05) is 11.4 Å². The zero-order valence-electron chi connectivity index (χ0n) is 10.1. The Kier molecular flexibility index (Phi) is 4.57. The number of hydrogen-bond donors (Lipinski definition) is 2. The minimum Gasteiger partial charge on any atom is -0.366 e. The average Bonchev–Trinajstić information content (AvgIpc) is 2.63. The van der Waals surface area contributed by atoms with Crippen molar-refractivity contribution in [3.05, 3.63) is 21.9 Å². The van der Waals surface area contributed by atoms with Crippen molar-refractivity contribution in [1.29, 1.82) is 0 Å². The summed E-state index contributed by atoms with van der Waals surface area (Å²) >= 11 is 1.61. The molecule has 2 rings (SSSR count). The molecule has 0 radical (unpaired) electrons. The van der Waals surface area contributed by atoms with Gasteiger partial charge >= 0.3 is 0 Å². The number of hydrogen-bond acceptors (Lipinski definition) is 3. The molecule has 3 nitrogen and oxygen atoms in total. The molecule has 0 aromatic carbocycles. The average molecular weight is 252 g/mol. The smallest absolute Gasteiger partial charge is 0.249 e. The number of nitrogens with two attached hydrogens (primary N) is 1. The van der Waals surface area contributed by atoms with Crippen molar-refractivity contribution in [1.82, 2.24) is 5.32 Å². The van der Waals surface area contributed by atoms with Gasteiger partial charge in [0.15, 0.2) is 0 Å². The normalized spacial score (nSPS) is 17.9. The fraction of sp³-hybridized carbons (Fsp3) is 0.615. The van der Waals surface area contributed by atoms with Gasteiger partial charge in [-0.25, -0.2) is 0 Å². The summed E-state index contributed by atoms with van der Waals surface area (Å²) in [6.45, 7) is 0.864. The summed E-state index contributed by atoms with van der Waals surface area (Å²) in [5.41, 5.74) is 5.87. The van der Waals surface area contributed by atoms with E-state index < -0.39 is 0 Å². The van der Waals surface area contributed by atoms with Gasteiger partial charge in [0.05, 0.1) is 5.56 Å². The quantitative estimate of drug-likeness (QED) is 0.809. The van der Waals surface area contributed by atoms with E-state index >= 15 is 0 Å². The van der Waals surface area contributed by atoms with Crippen LogP contribution in [0.4, 0.5) is 0 Å². The predicted molar refractivity (Wildman–Crippen MR) is 71.2 cm³/mol. The molecule has 0 atom stereocenters. The van der Waals surface area contributed by atoms with Crippen molar-refractivity contribution in [2.24, 2.45) is 5.73 Å². The van der Waals surface area contributed by atoms with Gasteiger partial charge in [0.1, 0.15) is 0 Å². The summed E-state index contributed by atoms with van der Waals surface area (Å²) in [5.74, 6) is -0.332. The van der Waals surface area contributed by atoms with Gasteiger partial charge in [-0.3, -0.25) is 4.79 Å². The van der Waals surface area contributed by atoms with E-state index in [1.165, 1.54) is 43.4 Å². The second-order valence-corrected chi connectivity index (χ2v) is 5.73. The van der Waals surface area contributed by atoms with Gasteiger partial charge in [0.2, 0.25) is 5.91 Å². The standard InChI is InChI=1S/C13H20N2OS/c14-13(16)10-7-12(17-9-10)8-15-11-5-3-1-2-4-6-11/h7,9,11,15H,1-6,8H2,(H2,14,16).